The number of nitrogens with zero attached hydrogens (tertiary/aromatic N) is 1. The van der Waals surface area contributed by atoms with Crippen LogP contribution < -0.4 is 5.73 Å². The number of aromatic nitrogens is 1. The van der Waals surface area contributed by atoms with E-state index in [1.165, 1.54) is 7.11 Å². The maximum atomic E-state index is 11.4. The molecule has 4 nitrogen and oxygen atoms in total. The van der Waals surface area contributed by atoms with Crippen molar-refractivity contribution in [2.24, 2.45) is 5.73 Å². The first kappa shape index (κ1) is 12.6. The van der Waals surface area contributed by atoms with Crippen molar-refractivity contribution in [3.8, 4) is 0 Å². The van der Waals surface area contributed by atoms with E-state index in [0.717, 1.165) is 5.69 Å². The van der Waals surface area contributed by atoms with E-state index in [2.05, 4.69) is 4.98 Å². The molecule has 1 aromatic rings. The van der Waals surface area contributed by atoms with E-state index in [4.69, 9.17) is 10.5 Å². The Morgan fingerprint density at radius 3 is 2.75 bits per heavy atom. The zero-order valence-corrected chi connectivity index (χ0v) is 9.93. The molecule has 0 saturated carbocycles. The van der Waals surface area contributed by atoms with E-state index in [1.807, 2.05) is 32.0 Å². The van der Waals surface area contributed by atoms with Crippen molar-refractivity contribution in [1.29, 1.82) is 0 Å². The summed E-state index contributed by atoms with van der Waals surface area (Å²) in [6.07, 6.45) is 1.94. The van der Waals surface area contributed by atoms with Gasteiger partial charge in [0.2, 0.25) is 0 Å². The van der Waals surface area contributed by atoms with Crippen LogP contribution in [0.5, 0.6) is 0 Å². The number of methoxy groups -OCH3 is 1. The second-order valence-corrected chi connectivity index (χ2v) is 4.17. The molecule has 88 valence electrons. The quantitative estimate of drug-likeness (QED) is 0.779. The van der Waals surface area contributed by atoms with Gasteiger partial charge in [-0.15, -0.1) is 0 Å². The maximum Gasteiger partial charge on any atom is 0.306 e. The van der Waals surface area contributed by atoms with Gasteiger partial charge >= 0.3 is 5.97 Å². The number of pyridine rings is 1. The van der Waals surface area contributed by atoms with Gasteiger partial charge in [0.15, 0.2) is 0 Å². The highest BCUT2D eigenvalue weighted by atomic mass is 16.5. The summed E-state index contributed by atoms with van der Waals surface area (Å²) < 4.78 is 4.70. The minimum absolute atomic E-state index is 0.179. The predicted octanol–water partition coefficient (Wildman–Crippen LogP) is 1.25. The maximum absolute atomic E-state index is 11.4. The van der Waals surface area contributed by atoms with Gasteiger partial charge in [0.25, 0.3) is 0 Å². The van der Waals surface area contributed by atoms with Crippen LogP contribution in [0, 0.1) is 0 Å². The number of carbonyl (C=O) groups is 1. The van der Waals surface area contributed by atoms with Gasteiger partial charge in [-0.2, -0.15) is 0 Å². The zero-order chi connectivity index (χ0) is 12.2. The molecule has 1 heterocycles. The largest absolute Gasteiger partial charge is 0.469 e. The lowest BCUT2D eigenvalue weighted by Crippen LogP contribution is -2.43. The first-order chi connectivity index (χ1) is 7.50. The first-order valence-corrected chi connectivity index (χ1v) is 5.24. The smallest absolute Gasteiger partial charge is 0.306 e. The van der Waals surface area contributed by atoms with Crippen LogP contribution in [0.15, 0.2) is 24.4 Å². The molecule has 0 aliphatic rings. The molecule has 0 amide bonds. The highest BCUT2D eigenvalue weighted by molar-refractivity contribution is 5.71. The monoisotopic (exact) mass is 222 g/mol. The molecular weight excluding hydrogens is 204 g/mol. The number of rotatable bonds is 4. The topological polar surface area (TPSA) is 65.2 Å². The van der Waals surface area contributed by atoms with Crippen LogP contribution in [0.2, 0.25) is 0 Å². The van der Waals surface area contributed by atoms with E-state index in [9.17, 15) is 4.79 Å². The Morgan fingerprint density at radius 1 is 1.62 bits per heavy atom. The summed E-state index contributed by atoms with van der Waals surface area (Å²) in [5, 5.41) is 0. The highest BCUT2D eigenvalue weighted by Gasteiger charge is 2.35. The molecule has 1 aromatic heterocycles. The summed E-state index contributed by atoms with van der Waals surface area (Å²) in [7, 11) is 1.38. The minimum Gasteiger partial charge on any atom is -0.469 e. The van der Waals surface area contributed by atoms with E-state index < -0.39 is 5.41 Å². The molecule has 4 heteroatoms. The lowest BCUT2D eigenvalue weighted by Gasteiger charge is -2.31. The molecule has 2 unspecified atom stereocenters. The summed E-state index contributed by atoms with van der Waals surface area (Å²) >= 11 is 0. The van der Waals surface area contributed by atoms with Crippen molar-refractivity contribution in [1.82, 2.24) is 4.98 Å². The van der Waals surface area contributed by atoms with E-state index in [-0.39, 0.29) is 18.4 Å². The van der Waals surface area contributed by atoms with Crippen LogP contribution in [0.4, 0.5) is 0 Å². The van der Waals surface area contributed by atoms with Gasteiger partial charge in [-0.05, 0) is 19.1 Å². The summed E-state index contributed by atoms with van der Waals surface area (Å²) in [6, 6.07) is 5.43. The van der Waals surface area contributed by atoms with Gasteiger partial charge in [0.1, 0.15) is 0 Å². The Bertz CT molecular complexity index is 351. The number of ether oxygens (including phenoxy) is 1. The highest BCUT2D eigenvalue weighted by Crippen LogP contribution is 2.29. The molecule has 0 spiro atoms. The third kappa shape index (κ3) is 2.58. The second-order valence-electron chi connectivity index (χ2n) is 4.17. The number of carbonyl (C=O) groups excluding carboxylic acids is 1. The molecule has 0 aromatic carbocycles. The van der Waals surface area contributed by atoms with Gasteiger partial charge in [-0.25, -0.2) is 0 Å². The fourth-order valence-electron chi connectivity index (χ4n) is 1.56. The van der Waals surface area contributed by atoms with E-state index in [0.29, 0.717) is 0 Å². The molecule has 2 N–H and O–H groups in total. The molecule has 0 fully saturated rings. The molecule has 0 aliphatic carbocycles. The number of hydrogen-bond donors (Lipinski definition) is 1. The zero-order valence-electron chi connectivity index (χ0n) is 9.93. The third-order valence-corrected chi connectivity index (χ3v) is 2.99. The Balaban J connectivity index is 3.02. The van der Waals surface area contributed by atoms with Gasteiger partial charge in [-0.1, -0.05) is 13.0 Å². The Kier molecular flexibility index (Phi) is 4.01. The third-order valence-electron chi connectivity index (χ3n) is 2.99. The van der Waals surface area contributed by atoms with Crippen LogP contribution >= 0.6 is 0 Å². The number of esters is 1. The minimum atomic E-state index is -0.492. The molecule has 0 aliphatic heterocycles. The van der Waals surface area contributed by atoms with Crippen LogP contribution in [-0.2, 0) is 14.9 Å². The molecular formula is C12H18N2O2. The molecule has 1 rings (SSSR count). The van der Waals surface area contributed by atoms with Crippen molar-refractivity contribution >= 4 is 5.97 Å². The molecule has 0 radical (unpaired) electrons. The van der Waals surface area contributed by atoms with Crippen molar-refractivity contribution in [3.63, 3.8) is 0 Å². The van der Waals surface area contributed by atoms with Crippen molar-refractivity contribution in [2.75, 3.05) is 7.11 Å². The van der Waals surface area contributed by atoms with Crippen LogP contribution in [0.25, 0.3) is 0 Å². The summed E-state index contributed by atoms with van der Waals surface area (Å²) in [5.41, 5.74) is 6.28. The van der Waals surface area contributed by atoms with Crippen molar-refractivity contribution < 1.29 is 9.53 Å². The van der Waals surface area contributed by atoms with Gasteiger partial charge < -0.3 is 10.5 Å². The lowest BCUT2D eigenvalue weighted by molar-refractivity contribution is -0.142. The van der Waals surface area contributed by atoms with Gasteiger partial charge in [0.05, 0.1) is 13.5 Å². The van der Waals surface area contributed by atoms with E-state index in [1.54, 1.807) is 6.20 Å². The van der Waals surface area contributed by atoms with E-state index >= 15 is 0 Å². The summed E-state index contributed by atoms with van der Waals surface area (Å²) in [5.74, 6) is -0.273. The Labute approximate surface area is 95.8 Å². The van der Waals surface area contributed by atoms with Crippen LogP contribution in [0.3, 0.4) is 0 Å². The van der Waals surface area contributed by atoms with Gasteiger partial charge in [0, 0.05) is 23.3 Å². The van der Waals surface area contributed by atoms with Gasteiger partial charge in [-0.3, -0.25) is 9.78 Å². The van der Waals surface area contributed by atoms with Crippen LogP contribution in [-0.4, -0.2) is 24.1 Å². The second kappa shape index (κ2) is 5.07. The Morgan fingerprint density at radius 2 is 2.31 bits per heavy atom. The standard InChI is InChI=1S/C12H18N2O2/c1-9(13)12(2,8-11(15)16-3)10-6-4-5-7-14-10/h4-7,9H,8,13H2,1-3H3. The normalized spacial score (nSPS) is 16.2. The first-order valence-electron chi connectivity index (χ1n) is 5.24. The SMILES string of the molecule is COC(=O)CC(C)(c1ccccn1)C(C)N. The van der Waals surface area contributed by atoms with Crippen molar-refractivity contribution in [3.05, 3.63) is 30.1 Å². The number of hydrogen-bond acceptors (Lipinski definition) is 4. The summed E-state index contributed by atoms with van der Waals surface area (Å²) in [6.45, 7) is 3.80. The predicted molar refractivity (Wildman–Crippen MR) is 61.9 cm³/mol. The molecule has 2 atom stereocenters. The lowest BCUT2D eigenvalue weighted by atomic mass is 9.77. The van der Waals surface area contributed by atoms with Crippen LogP contribution in [0.1, 0.15) is 26.0 Å². The van der Waals surface area contributed by atoms with Crippen molar-refractivity contribution in [2.45, 2.75) is 31.7 Å². The Hall–Kier alpha value is -1.42. The molecule has 16 heavy (non-hydrogen) atoms. The number of nitrogens with two attached hydrogens (primary N) is 1. The fraction of sp³-hybridized carbons (Fsp3) is 0.500. The molecule has 0 saturated heterocycles. The molecule has 0 bridgehead atoms. The fourth-order valence-corrected chi connectivity index (χ4v) is 1.56. The summed E-state index contributed by atoms with van der Waals surface area (Å²) in [4.78, 5) is 15.7. The average molecular weight is 222 g/mol. The average Bonchev–Trinajstić information content (AvgIpc) is 2.29.